The number of aliphatic hydroxyl groups is 1. The summed E-state index contributed by atoms with van der Waals surface area (Å²) in [6, 6.07) is 6.00. The summed E-state index contributed by atoms with van der Waals surface area (Å²) in [6.07, 6.45) is 7.76. The Kier molecular flexibility index (Phi) is 9.31. The van der Waals surface area contributed by atoms with E-state index >= 15 is 0 Å². The van der Waals surface area contributed by atoms with E-state index in [0.29, 0.717) is 18.6 Å². The van der Waals surface area contributed by atoms with Crippen LogP contribution in [0.5, 0.6) is 5.75 Å². The second kappa shape index (κ2) is 11.1. The van der Waals surface area contributed by atoms with Gasteiger partial charge in [-0.1, -0.05) is 39.0 Å². The van der Waals surface area contributed by atoms with Gasteiger partial charge in [0, 0.05) is 6.61 Å². The minimum atomic E-state index is -0.389. The molecule has 1 rings (SSSR count). The van der Waals surface area contributed by atoms with Crippen molar-refractivity contribution in [2.45, 2.75) is 51.9 Å². The van der Waals surface area contributed by atoms with E-state index in [0.717, 1.165) is 12.8 Å². The molecule has 124 valence electrons. The zero-order valence-electron chi connectivity index (χ0n) is 13.5. The Morgan fingerprint density at radius 3 is 2.41 bits per heavy atom. The highest BCUT2D eigenvalue weighted by molar-refractivity contribution is 5.89. The lowest BCUT2D eigenvalue weighted by atomic mass is 9.98. The van der Waals surface area contributed by atoms with Gasteiger partial charge in [0.15, 0.2) is 0 Å². The molecule has 2 N–H and O–H groups in total. The van der Waals surface area contributed by atoms with Crippen LogP contribution in [0.1, 0.15) is 62.2 Å². The highest BCUT2D eigenvalue weighted by Gasteiger charge is 2.11. The molecule has 4 nitrogen and oxygen atoms in total. The predicted molar refractivity (Wildman–Crippen MR) is 87.0 cm³/mol. The molecule has 22 heavy (non-hydrogen) atoms. The van der Waals surface area contributed by atoms with Gasteiger partial charge < -0.3 is 14.9 Å². The summed E-state index contributed by atoms with van der Waals surface area (Å²) >= 11 is 0. The number of ether oxygens (including phenoxy) is 1. The molecule has 0 fully saturated rings. The summed E-state index contributed by atoms with van der Waals surface area (Å²) in [5, 5.41) is 18.5. The van der Waals surface area contributed by atoms with Crippen LogP contribution in [-0.2, 0) is 4.74 Å². The Hall–Kier alpha value is -1.55. The molecule has 4 heteroatoms. The van der Waals surface area contributed by atoms with Crippen molar-refractivity contribution in [2.75, 3.05) is 13.2 Å². The summed E-state index contributed by atoms with van der Waals surface area (Å²) < 4.78 is 5.21. The van der Waals surface area contributed by atoms with E-state index < -0.39 is 0 Å². The molecular weight excluding hydrogens is 280 g/mol. The normalized spacial score (nSPS) is 12.1. The summed E-state index contributed by atoms with van der Waals surface area (Å²) in [5.74, 6) is -0.0613. The number of esters is 1. The highest BCUT2D eigenvalue weighted by atomic mass is 16.5. The maximum Gasteiger partial charge on any atom is 0.338 e. The van der Waals surface area contributed by atoms with Gasteiger partial charge in [-0.3, -0.25) is 0 Å². The summed E-state index contributed by atoms with van der Waals surface area (Å²) in [5.41, 5.74) is 0.429. The lowest BCUT2D eigenvalue weighted by Gasteiger charge is -2.14. The standard InChI is InChI=1S/C18H28O4/c1-2-3-4-5-6-7-15(14-19)12-13-22-18(21)16-8-10-17(20)11-9-16/h8-11,15,19-20H,2-7,12-14H2,1H3. The van der Waals surface area contributed by atoms with E-state index in [4.69, 9.17) is 4.74 Å². The minimum absolute atomic E-state index is 0.125. The Labute approximate surface area is 133 Å². The summed E-state index contributed by atoms with van der Waals surface area (Å²) in [6.45, 7) is 2.66. The molecular formula is C18H28O4. The summed E-state index contributed by atoms with van der Waals surface area (Å²) in [7, 11) is 0. The predicted octanol–water partition coefficient (Wildman–Crippen LogP) is 3.91. The van der Waals surface area contributed by atoms with Gasteiger partial charge in [0.05, 0.1) is 12.2 Å². The van der Waals surface area contributed by atoms with Gasteiger partial charge in [-0.2, -0.15) is 0 Å². The number of rotatable bonds is 11. The molecule has 0 aliphatic rings. The lowest BCUT2D eigenvalue weighted by Crippen LogP contribution is -2.13. The van der Waals surface area contributed by atoms with Crippen LogP contribution in [0.2, 0.25) is 0 Å². The Morgan fingerprint density at radius 2 is 1.77 bits per heavy atom. The minimum Gasteiger partial charge on any atom is -0.508 e. The first-order valence-electron chi connectivity index (χ1n) is 8.24. The average molecular weight is 308 g/mol. The van der Waals surface area contributed by atoms with Gasteiger partial charge in [-0.05, 0) is 43.0 Å². The number of unbranched alkanes of at least 4 members (excludes halogenated alkanes) is 4. The van der Waals surface area contributed by atoms with Crippen molar-refractivity contribution in [3.05, 3.63) is 29.8 Å². The van der Waals surface area contributed by atoms with E-state index in [1.165, 1.54) is 49.9 Å². The number of benzene rings is 1. The van der Waals surface area contributed by atoms with Crippen LogP contribution >= 0.6 is 0 Å². The zero-order valence-corrected chi connectivity index (χ0v) is 13.5. The number of phenols is 1. The van der Waals surface area contributed by atoms with E-state index in [9.17, 15) is 15.0 Å². The molecule has 0 aliphatic heterocycles. The van der Waals surface area contributed by atoms with Gasteiger partial charge in [-0.25, -0.2) is 4.79 Å². The van der Waals surface area contributed by atoms with E-state index in [2.05, 4.69) is 6.92 Å². The third-order valence-electron chi connectivity index (χ3n) is 3.84. The Bertz CT molecular complexity index is 414. The Balaban J connectivity index is 2.20. The number of carbonyl (C=O) groups excluding carboxylic acids is 1. The third kappa shape index (κ3) is 7.46. The molecule has 0 spiro atoms. The van der Waals surface area contributed by atoms with E-state index in [1.807, 2.05) is 0 Å². The van der Waals surface area contributed by atoms with Crippen LogP contribution in [0.25, 0.3) is 0 Å². The maximum atomic E-state index is 11.8. The molecule has 0 bridgehead atoms. The molecule has 0 saturated heterocycles. The molecule has 0 aliphatic carbocycles. The number of phenolic OH excluding ortho intramolecular Hbond substituents is 1. The van der Waals surface area contributed by atoms with Crippen molar-refractivity contribution >= 4 is 5.97 Å². The van der Waals surface area contributed by atoms with Crippen LogP contribution in [0.4, 0.5) is 0 Å². The third-order valence-corrected chi connectivity index (χ3v) is 3.84. The number of hydrogen-bond acceptors (Lipinski definition) is 4. The van der Waals surface area contributed by atoms with Crippen LogP contribution in [0, 0.1) is 5.92 Å². The SMILES string of the molecule is CCCCCCCC(CO)CCOC(=O)c1ccc(O)cc1. The Morgan fingerprint density at radius 1 is 1.09 bits per heavy atom. The second-order valence-electron chi connectivity index (χ2n) is 5.72. The number of carbonyl (C=O) groups is 1. The smallest absolute Gasteiger partial charge is 0.338 e. The van der Waals surface area contributed by atoms with Crippen molar-refractivity contribution in [2.24, 2.45) is 5.92 Å². The molecule has 0 radical (unpaired) electrons. The van der Waals surface area contributed by atoms with Crippen LogP contribution in [-0.4, -0.2) is 29.4 Å². The van der Waals surface area contributed by atoms with Crippen molar-refractivity contribution in [1.29, 1.82) is 0 Å². The molecule has 0 heterocycles. The van der Waals surface area contributed by atoms with Crippen molar-refractivity contribution < 1.29 is 19.7 Å². The fourth-order valence-electron chi connectivity index (χ4n) is 2.36. The van der Waals surface area contributed by atoms with Gasteiger partial charge in [-0.15, -0.1) is 0 Å². The second-order valence-corrected chi connectivity index (χ2v) is 5.72. The van der Waals surface area contributed by atoms with Crippen LogP contribution in [0.15, 0.2) is 24.3 Å². The number of hydrogen-bond donors (Lipinski definition) is 2. The quantitative estimate of drug-likeness (QED) is 0.480. The van der Waals surface area contributed by atoms with Crippen LogP contribution in [0.3, 0.4) is 0 Å². The molecule has 1 unspecified atom stereocenters. The molecule has 0 amide bonds. The van der Waals surface area contributed by atoms with Gasteiger partial charge in [0.2, 0.25) is 0 Å². The zero-order chi connectivity index (χ0) is 16.2. The van der Waals surface area contributed by atoms with Crippen molar-refractivity contribution in [3.63, 3.8) is 0 Å². The van der Waals surface area contributed by atoms with E-state index in [-0.39, 0.29) is 24.2 Å². The first kappa shape index (κ1) is 18.5. The first-order chi connectivity index (χ1) is 10.7. The first-order valence-corrected chi connectivity index (χ1v) is 8.24. The number of aromatic hydroxyl groups is 1. The maximum absolute atomic E-state index is 11.8. The van der Waals surface area contributed by atoms with Gasteiger partial charge in [0.1, 0.15) is 5.75 Å². The van der Waals surface area contributed by atoms with Gasteiger partial charge >= 0.3 is 5.97 Å². The van der Waals surface area contributed by atoms with Gasteiger partial charge in [0.25, 0.3) is 0 Å². The molecule has 1 aromatic rings. The fourth-order valence-corrected chi connectivity index (χ4v) is 2.36. The molecule has 1 atom stereocenters. The average Bonchev–Trinajstić information content (AvgIpc) is 2.53. The number of aliphatic hydroxyl groups excluding tert-OH is 1. The fraction of sp³-hybridized carbons (Fsp3) is 0.611. The highest BCUT2D eigenvalue weighted by Crippen LogP contribution is 2.15. The monoisotopic (exact) mass is 308 g/mol. The molecule has 0 saturated carbocycles. The summed E-state index contributed by atoms with van der Waals surface area (Å²) in [4.78, 5) is 11.8. The van der Waals surface area contributed by atoms with Crippen molar-refractivity contribution in [1.82, 2.24) is 0 Å². The van der Waals surface area contributed by atoms with Crippen LogP contribution < -0.4 is 0 Å². The topological polar surface area (TPSA) is 66.8 Å². The van der Waals surface area contributed by atoms with Crippen molar-refractivity contribution in [3.8, 4) is 5.75 Å². The van der Waals surface area contributed by atoms with E-state index in [1.54, 1.807) is 0 Å². The lowest BCUT2D eigenvalue weighted by molar-refractivity contribution is 0.0463. The molecule has 1 aromatic carbocycles. The largest absolute Gasteiger partial charge is 0.508 e. The molecule has 0 aromatic heterocycles.